The predicted octanol–water partition coefficient (Wildman–Crippen LogP) is 2.70. The number of hydrogen-bond acceptors (Lipinski definition) is 2. The van der Waals surface area contributed by atoms with Crippen LogP contribution in [0.15, 0.2) is 35.0 Å². The van der Waals surface area contributed by atoms with Gasteiger partial charge >= 0.3 is 0 Å². The van der Waals surface area contributed by atoms with Crippen LogP contribution in [-0.2, 0) is 4.79 Å². The van der Waals surface area contributed by atoms with Gasteiger partial charge in [-0.15, -0.1) is 0 Å². The van der Waals surface area contributed by atoms with E-state index in [0.717, 1.165) is 5.56 Å². The van der Waals surface area contributed by atoms with E-state index in [4.69, 9.17) is 0 Å². The van der Waals surface area contributed by atoms with Crippen molar-refractivity contribution in [3.05, 3.63) is 41.1 Å². The number of carbonyl (C=O) groups excluding carboxylic acids is 1. The number of hydrogen-bond donors (Lipinski definition) is 1. The minimum atomic E-state index is -0.129. The molecular weight excluding hydrogens is 212 g/mol. The van der Waals surface area contributed by atoms with E-state index in [1.54, 1.807) is 13.0 Å². The summed E-state index contributed by atoms with van der Waals surface area (Å²) >= 11 is 0. The zero-order valence-electron chi connectivity index (χ0n) is 10.3. The molecular formula is C14H16N2O. The highest BCUT2D eigenvalue weighted by molar-refractivity contribution is 6.13. The first kappa shape index (κ1) is 11.6. The van der Waals surface area contributed by atoms with Crippen molar-refractivity contribution in [2.24, 2.45) is 4.99 Å². The van der Waals surface area contributed by atoms with Crippen molar-refractivity contribution in [1.29, 1.82) is 0 Å². The van der Waals surface area contributed by atoms with Gasteiger partial charge in [0.05, 0.1) is 0 Å². The van der Waals surface area contributed by atoms with Gasteiger partial charge in [-0.05, 0) is 30.0 Å². The average Bonchev–Trinajstić information content (AvgIpc) is 2.58. The number of aliphatic imine (C=N–C) groups is 1. The van der Waals surface area contributed by atoms with Gasteiger partial charge in [0.1, 0.15) is 11.5 Å². The number of carbonyl (C=O) groups is 1. The van der Waals surface area contributed by atoms with Gasteiger partial charge in [-0.25, -0.2) is 4.99 Å². The Morgan fingerprint density at radius 2 is 1.88 bits per heavy atom. The van der Waals surface area contributed by atoms with E-state index >= 15 is 0 Å². The fourth-order valence-electron chi connectivity index (χ4n) is 1.72. The van der Waals surface area contributed by atoms with E-state index in [1.165, 1.54) is 5.56 Å². The van der Waals surface area contributed by atoms with Gasteiger partial charge in [-0.2, -0.15) is 0 Å². The zero-order valence-corrected chi connectivity index (χ0v) is 10.3. The number of amidine groups is 1. The van der Waals surface area contributed by atoms with Crippen LogP contribution in [0.25, 0.3) is 6.08 Å². The second-order valence-electron chi connectivity index (χ2n) is 4.50. The highest BCUT2D eigenvalue weighted by Crippen LogP contribution is 2.17. The molecule has 3 heteroatoms. The second kappa shape index (κ2) is 4.53. The van der Waals surface area contributed by atoms with E-state index in [-0.39, 0.29) is 5.91 Å². The molecule has 1 heterocycles. The number of nitrogens with zero attached hydrogens (tertiary/aromatic N) is 1. The first-order chi connectivity index (χ1) is 8.06. The molecule has 1 amide bonds. The molecule has 1 aromatic rings. The van der Waals surface area contributed by atoms with Gasteiger partial charge in [0.15, 0.2) is 0 Å². The largest absolute Gasteiger partial charge is 0.309 e. The number of nitrogens with one attached hydrogen (secondary N) is 1. The van der Waals surface area contributed by atoms with Gasteiger partial charge in [0.2, 0.25) is 0 Å². The lowest BCUT2D eigenvalue weighted by atomic mass is 10.0. The van der Waals surface area contributed by atoms with Crippen LogP contribution in [0, 0.1) is 0 Å². The maximum absolute atomic E-state index is 11.5. The van der Waals surface area contributed by atoms with E-state index in [1.807, 2.05) is 12.1 Å². The molecule has 17 heavy (non-hydrogen) atoms. The number of amides is 1. The van der Waals surface area contributed by atoms with Crippen molar-refractivity contribution in [3.63, 3.8) is 0 Å². The highest BCUT2D eigenvalue weighted by atomic mass is 16.2. The van der Waals surface area contributed by atoms with Crippen LogP contribution in [-0.4, -0.2) is 11.7 Å². The third kappa shape index (κ3) is 2.61. The minimum Gasteiger partial charge on any atom is -0.309 e. The molecule has 0 radical (unpaired) electrons. The van der Waals surface area contributed by atoms with Crippen LogP contribution in [0.1, 0.15) is 37.8 Å². The molecule has 88 valence electrons. The van der Waals surface area contributed by atoms with Gasteiger partial charge in [-0.3, -0.25) is 4.79 Å². The maximum Gasteiger partial charge on any atom is 0.275 e. The fourth-order valence-corrected chi connectivity index (χ4v) is 1.72. The Bertz CT molecular complexity index is 495. The summed E-state index contributed by atoms with van der Waals surface area (Å²) in [5.41, 5.74) is 2.76. The van der Waals surface area contributed by atoms with Crippen molar-refractivity contribution in [2.75, 3.05) is 0 Å². The molecule has 0 unspecified atom stereocenters. The molecule has 1 N–H and O–H groups in total. The van der Waals surface area contributed by atoms with Crippen LogP contribution in [0.3, 0.4) is 0 Å². The summed E-state index contributed by atoms with van der Waals surface area (Å²) < 4.78 is 0. The maximum atomic E-state index is 11.5. The van der Waals surface area contributed by atoms with Crippen LogP contribution < -0.4 is 5.32 Å². The molecule has 1 aromatic carbocycles. The monoisotopic (exact) mass is 228 g/mol. The fraction of sp³-hybridized carbons (Fsp3) is 0.286. The SMILES string of the molecule is CC1=N/C(=C/c2ccc(C(C)C)cc2)C(=O)N1. The standard InChI is InChI=1S/C14H16N2O/c1-9(2)12-6-4-11(5-7-12)8-13-14(17)16-10(3)15-13/h4-9H,1-3H3,(H,15,16,17)/b13-8+. The Morgan fingerprint density at radius 1 is 1.24 bits per heavy atom. The molecule has 3 nitrogen and oxygen atoms in total. The third-order valence-electron chi connectivity index (χ3n) is 2.72. The Labute approximate surface area is 101 Å². The molecule has 1 aliphatic rings. The molecule has 2 rings (SSSR count). The summed E-state index contributed by atoms with van der Waals surface area (Å²) in [7, 11) is 0. The van der Waals surface area contributed by atoms with Crippen molar-refractivity contribution >= 4 is 17.8 Å². The topological polar surface area (TPSA) is 41.5 Å². The van der Waals surface area contributed by atoms with Crippen LogP contribution in [0.2, 0.25) is 0 Å². The quantitative estimate of drug-likeness (QED) is 0.777. The lowest BCUT2D eigenvalue weighted by Crippen LogP contribution is -2.21. The predicted molar refractivity (Wildman–Crippen MR) is 69.8 cm³/mol. The summed E-state index contributed by atoms with van der Waals surface area (Å²) in [5.74, 6) is 1.04. The van der Waals surface area contributed by atoms with Crippen LogP contribution >= 0.6 is 0 Å². The van der Waals surface area contributed by atoms with E-state index in [0.29, 0.717) is 17.5 Å². The molecule has 0 fully saturated rings. The summed E-state index contributed by atoms with van der Waals surface area (Å²) in [6.07, 6.45) is 1.80. The molecule has 0 saturated heterocycles. The Morgan fingerprint density at radius 3 is 2.35 bits per heavy atom. The molecule has 0 aliphatic carbocycles. The Kier molecular flexibility index (Phi) is 3.09. The lowest BCUT2D eigenvalue weighted by molar-refractivity contribution is -0.115. The van der Waals surface area contributed by atoms with Crippen molar-refractivity contribution in [2.45, 2.75) is 26.7 Å². The number of benzene rings is 1. The molecule has 0 aromatic heterocycles. The van der Waals surface area contributed by atoms with Crippen molar-refractivity contribution in [3.8, 4) is 0 Å². The van der Waals surface area contributed by atoms with Gasteiger partial charge in [0, 0.05) is 0 Å². The summed E-state index contributed by atoms with van der Waals surface area (Å²) in [5, 5.41) is 2.66. The van der Waals surface area contributed by atoms with Gasteiger partial charge in [-0.1, -0.05) is 38.1 Å². The molecule has 0 bridgehead atoms. The zero-order chi connectivity index (χ0) is 12.4. The Hall–Kier alpha value is -1.90. The van der Waals surface area contributed by atoms with Crippen LogP contribution in [0.5, 0.6) is 0 Å². The van der Waals surface area contributed by atoms with Crippen molar-refractivity contribution in [1.82, 2.24) is 5.32 Å². The van der Waals surface area contributed by atoms with E-state index in [9.17, 15) is 4.79 Å². The van der Waals surface area contributed by atoms with E-state index in [2.05, 4.69) is 36.3 Å². The molecule has 1 aliphatic heterocycles. The van der Waals surface area contributed by atoms with Crippen molar-refractivity contribution < 1.29 is 4.79 Å². The summed E-state index contributed by atoms with van der Waals surface area (Å²) in [6, 6.07) is 8.19. The first-order valence-corrected chi connectivity index (χ1v) is 5.74. The van der Waals surface area contributed by atoms with Gasteiger partial charge < -0.3 is 5.32 Å². The second-order valence-corrected chi connectivity index (χ2v) is 4.50. The van der Waals surface area contributed by atoms with E-state index < -0.39 is 0 Å². The number of rotatable bonds is 2. The Balaban J connectivity index is 2.25. The lowest BCUT2D eigenvalue weighted by Gasteiger charge is -2.04. The summed E-state index contributed by atoms with van der Waals surface area (Å²) in [4.78, 5) is 15.6. The summed E-state index contributed by atoms with van der Waals surface area (Å²) in [6.45, 7) is 6.09. The molecule has 0 saturated carbocycles. The molecule has 0 spiro atoms. The minimum absolute atomic E-state index is 0.129. The first-order valence-electron chi connectivity index (χ1n) is 5.74. The third-order valence-corrected chi connectivity index (χ3v) is 2.72. The highest BCUT2D eigenvalue weighted by Gasteiger charge is 2.16. The average molecular weight is 228 g/mol. The molecule has 0 atom stereocenters. The van der Waals surface area contributed by atoms with Crippen LogP contribution in [0.4, 0.5) is 0 Å². The normalized spacial score (nSPS) is 17.5. The van der Waals surface area contributed by atoms with Gasteiger partial charge in [0.25, 0.3) is 5.91 Å². The smallest absolute Gasteiger partial charge is 0.275 e.